The highest BCUT2D eigenvalue weighted by atomic mass is 32.2. The number of aromatic nitrogens is 3. The molecule has 0 aliphatic rings. The normalized spacial score (nSPS) is 11.8. The van der Waals surface area contributed by atoms with Gasteiger partial charge in [0.2, 0.25) is 9.84 Å². The van der Waals surface area contributed by atoms with E-state index < -0.39 is 9.84 Å². The molecule has 0 aliphatic heterocycles. The van der Waals surface area contributed by atoms with Crippen LogP contribution in [-0.4, -0.2) is 29.1 Å². The molecule has 3 heterocycles. The van der Waals surface area contributed by atoms with Crippen molar-refractivity contribution in [2.45, 2.75) is 16.3 Å². The summed E-state index contributed by atoms with van der Waals surface area (Å²) in [5, 5.41) is 8.60. The van der Waals surface area contributed by atoms with E-state index in [1.807, 2.05) is 0 Å². The minimum absolute atomic E-state index is 0.180. The summed E-state index contributed by atoms with van der Waals surface area (Å²) in [4.78, 5) is 16.7. The SMILES string of the molecule is Cn1ncc2ccc(S(=O)(=O)c3ccc(CNC(=O)c4cc5ccncc5o4)cc3)cc21. The van der Waals surface area contributed by atoms with E-state index in [0.717, 1.165) is 21.9 Å². The van der Waals surface area contributed by atoms with Gasteiger partial charge in [-0.3, -0.25) is 14.5 Å². The van der Waals surface area contributed by atoms with E-state index in [-0.39, 0.29) is 28.0 Å². The maximum Gasteiger partial charge on any atom is 0.287 e. The minimum Gasteiger partial charge on any atom is -0.449 e. The second-order valence-corrected chi connectivity index (χ2v) is 9.29. The minimum atomic E-state index is -3.68. The smallest absolute Gasteiger partial charge is 0.287 e. The van der Waals surface area contributed by atoms with E-state index in [1.54, 1.807) is 72.8 Å². The van der Waals surface area contributed by atoms with Crippen molar-refractivity contribution in [3.05, 3.63) is 84.5 Å². The van der Waals surface area contributed by atoms with E-state index in [4.69, 9.17) is 4.42 Å². The third-order valence-electron chi connectivity index (χ3n) is 5.26. The number of amides is 1. The van der Waals surface area contributed by atoms with Gasteiger partial charge in [0.25, 0.3) is 5.91 Å². The summed E-state index contributed by atoms with van der Waals surface area (Å²) < 4.78 is 33.2. The van der Waals surface area contributed by atoms with Gasteiger partial charge in [-0.25, -0.2) is 8.42 Å². The van der Waals surface area contributed by atoms with E-state index in [0.29, 0.717) is 5.58 Å². The van der Waals surface area contributed by atoms with Gasteiger partial charge >= 0.3 is 0 Å². The van der Waals surface area contributed by atoms with Gasteiger partial charge in [-0.15, -0.1) is 0 Å². The lowest BCUT2D eigenvalue weighted by molar-refractivity contribution is 0.0925. The highest BCUT2D eigenvalue weighted by molar-refractivity contribution is 7.91. The van der Waals surface area contributed by atoms with Gasteiger partial charge in [0.1, 0.15) is 0 Å². The van der Waals surface area contributed by atoms with Crippen molar-refractivity contribution in [2.75, 3.05) is 0 Å². The van der Waals surface area contributed by atoms with Gasteiger partial charge in [-0.2, -0.15) is 5.10 Å². The lowest BCUT2D eigenvalue weighted by Crippen LogP contribution is -2.22. The number of hydrogen-bond donors (Lipinski definition) is 1. The molecule has 3 aromatic heterocycles. The summed E-state index contributed by atoms with van der Waals surface area (Å²) in [5.74, 6) is -0.167. The number of hydrogen-bond acceptors (Lipinski definition) is 6. The Balaban J connectivity index is 1.31. The number of nitrogens with one attached hydrogen (secondary N) is 1. The molecule has 5 aromatic rings. The summed E-state index contributed by atoms with van der Waals surface area (Å²) in [6.45, 7) is 0.232. The zero-order valence-electron chi connectivity index (χ0n) is 17.0. The molecule has 5 rings (SSSR count). The number of furan rings is 1. The Morgan fingerprint density at radius 3 is 2.56 bits per heavy atom. The van der Waals surface area contributed by atoms with Gasteiger partial charge in [-0.1, -0.05) is 12.1 Å². The molecule has 9 heteroatoms. The number of pyridine rings is 1. The molecular formula is C23H18N4O4S. The van der Waals surface area contributed by atoms with Gasteiger partial charge < -0.3 is 9.73 Å². The summed E-state index contributed by atoms with van der Waals surface area (Å²) in [6, 6.07) is 14.8. The van der Waals surface area contributed by atoms with E-state index in [2.05, 4.69) is 15.4 Å². The summed E-state index contributed by atoms with van der Waals surface area (Å²) in [7, 11) is -1.91. The predicted octanol–water partition coefficient (Wildman–Crippen LogP) is 3.48. The third-order valence-corrected chi connectivity index (χ3v) is 7.03. The van der Waals surface area contributed by atoms with E-state index in [9.17, 15) is 13.2 Å². The molecular weight excluding hydrogens is 428 g/mol. The van der Waals surface area contributed by atoms with Gasteiger partial charge in [-0.05, 0) is 48.0 Å². The van der Waals surface area contributed by atoms with Gasteiger partial charge in [0.05, 0.1) is 27.7 Å². The van der Waals surface area contributed by atoms with Crippen LogP contribution < -0.4 is 5.32 Å². The fourth-order valence-corrected chi connectivity index (χ4v) is 4.76. The molecule has 0 aliphatic carbocycles. The first kappa shape index (κ1) is 20.0. The lowest BCUT2D eigenvalue weighted by Gasteiger charge is -2.08. The number of benzene rings is 2. The summed E-state index contributed by atoms with van der Waals surface area (Å²) in [5.41, 5.74) is 2.04. The Kier molecular flexibility index (Phi) is 4.75. The molecule has 0 spiro atoms. The molecule has 0 saturated heterocycles. The molecule has 0 bridgehead atoms. The van der Waals surface area contributed by atoms with Crippen LogP contribution in [0.4, 0.5) is 0 Å². The van der Waals surface area contributed by atoms with E-state index >= 15 is 0 Å². The highest BCUT2D eigenvalue weighted by Crippen LogP contribution is 2.25. The van der Waals surface area contributed by atoms with Crippen LogP contribution in [0, 0.1) is 0 Å². The number of sulfone groups is 1. The topological polar surface area (TPSA) is 107 Å². The predicted molar refractivity (Wildman–Crippen MR) is 118 cm³/mol. The Hall–Kier alpha value is -3.98. The fourth-order valence-electron chi connectivity index (χ4n) is 3.48. The number of rotatable bonds is 5. The van der Waals surface area contributed by atoms with Crippen LogP contribution in [0.25, 0.3) is 21.9 Å². The molecule has 1 amide bonds. The Morgan fingerprint density at radius 1 is 1.00 bits per heavy atom. The number of fused-ring (bicyclic) bond motifs is 2. The third kappa shape index (κ3) is 3.52. The maximum atomic E-state index is 13.0. The Morgan fingerprint density at radius 2 is 1.78 bits per heavy atom. The summed E-state index contributed by atoms with van der Waals surface area (Å²) in [6.07, 6.45) is 4.87. The van der Waals surface area contributed by atoms with Crippen molar-refractivity contribution >= 4 is 37.6 Å². The van der Waals surface area contributed by atoms with Crippen LogP contribution in [0.3, 0.4) is 0 Å². The Labute approximate surface area is 183 Å². The average molecular weight is 446 g/mol. The van der Waals surface area contributed by atoms with Crippen molar-refractivity contribution in [1.29, 1.82) is 0 Å². The van der Waals surface area contributed by atoms with Crippen LogP contribution >= 0.6 is 0 Å². The molecule has 0 unspecified atom stereocenters. The molecule has 0 atom stereocenters. The first-order chi connectivity index (χ1) is 15.4. The van der Waals surface area contributed by atoms with Crippen molar-refractivity contribution in [1.82, 2.24) is 20.1 Å². The molecule has 2 aromatic carbocycles. The van der Waals surface area contributed by atoms with Crippen LogP contribution in [0.5, 0.6) is 0 Å². The first-order valence-electron chi connectivity index (χ1n) is 9.79. The molecule has 0 saturated carbocycles. The fraction of sp³-hybridized carbons (Fsp3) is 0.0870. The molecule has 0 radical (unpaired) electrons. The second kappa shape index (κ2) is 7.61. The van der Waals surface area contributed by atoms with Gasteiger partial charge in [0.15, 0.2) is 11.3 Å². The van der Waals surface area contributed by atoms with Crippen molar-refractivity contribution in [2.24, 2.45) is 7.05 Å². The standard InChI is InChI=1S/C23H18N4O4S/c1-27-20-11-19(7-4-17(20)13-26-27)32(29,30)18-5-2-15(3-6-18)12-25-23(28)21-10-16-8-9-24-14-22(16)31-21/h2-11,13-14H,12H2,1H3,(H,25,28). The second-order valence-electron chi connectivity index (χ2n) is 7.34. The zero-order valence-corrected chi connectivity index (χ0v) is 17.8. The van der Waals surface area contributed by atoms with Crippen LogP contribution in [-0.2, 0) is 23.4 Å². The molecule has 160 valence electrons. The lowest BCUT2D eigenvalue weighted by atomic mass is 10.2. The van der Waals surface area contributed by atoms with Crippen LogP contribution in [0.2, 0.25) is 0 Å². The number of carbonyl (C=O) groups excluding carboxylic acids is 1. The monoisotopic (exact) mass is 446 g/mol. The number of carbonyl (C=O) groups is 1. The average Bonchev–Trinajstić information content (AvgIpc) is 3.41. The molecule has 8 nitrogen and oxygen atoms in total. The number of aryl methyl sites for hydroxylation is 1. The first-order valence-corrected chi connectivity index (χ1v) is 11.3. The van der Waals surface area contributed by atoms with Crippen molar-refractivity contribution in [3.8, 4) is 0 Å². The maximum absolute atomic E-state index is 13.0. The Bertz CT molecular complexity index is 1530. The van der Waals surface area contributed by atoms with E-state index in [1.165, 1.54) is 12.1 Å². The number of nitrogens with zero attached hydrogens (tertiary/aromatic N) is 3. The summed E-state index contributed by atoms with van der Waals surface area (Å²) >= 11 is 0. The van der Waals surface area contributed by atoms with Crippen LogP contribution in [0.1, 0.15) is 16.1 Å². The van der Waals surface area contributed by atoms with Gasteiger partial charge in [0, 0.05) is 30.6 Å². The largest absolute Gasteiger partial charge is 0.449 e. The van der Waals surface area contributed by atoms with Crippen molar-refractivity contribution in [3.63, 3.8) is 0 Å². The quantitative estimate of drug-likeness (QED) is 0.443. The van der Waals surface area contributed by atoms with Crippen LogP contribution in [0.15, 0.2) is 87.4 Å². The van der Waals surface area contributed by atoms with Crippen molar-refractivity contribution < 1.29 is 17.6 Å². The zero-order chi connectivity index (χ0) is 22.3. The molecule has 32 heavy (non-hydrogen) atoms. The highest BCUT2D eigenvalue weighted by Gasteiger charge is 2.19. The molecule has 0 fully saturated rings. The molecule has 1 N–H and O–H groups in total.